The van der Waals surface area contributed by atoms with Gasteiger partial charge in [-0.3, -0.25) is 10.1 Å². The van der Waals surface area contributed by atoms with E-state index in [1.54, 1.807) is 7.11 Å². The second-order valence-electron chi connectivity index (χ2n) is 5.69. The summed E-state index contributed by atoms with van der Waals surface area (Å²) < 4.78 is 15.9. The summed E-state index contributed by atoms with van der Waals surface area (Å²) in [4.78, 5) is 22.5. The van der Waals surface area contributed by atoms with Crippen molar-refractivity contribution >= 4 is 17.4 Å². The Hall–Kier alpha value is -3.49. The molecule has 0 fully saturated rings. The zero-order valence-corrected chi connectivity index (χ0v) is 16.0. The number of non-ortho nitro benzene ring substituents is 1. The predicted molar refractivity (Wildman–Crippen MR) is 105 cm³/mol. The maximum absolute atomic E-state index is 12.1. The van der Waals surface area contributed by atoms with Crippen molar-refractivity contribution in [3.8, 4) is 17.2 Å². The maximum atomic E-state index is 12.1. The van der Waals surface area contributed by atoms with Crippen molar-refractivity contribution in [3.05, 3.63) is 52.1 Å². The van der Waals surface area contributed by atoms with E-state index >= 15 is 0 Å². The lowest BCUT2D eigenvalue weighted by molar-refractivity contribution is -0.384. The number of nitro benzene ring substituents is 1. The van der Waals surface area contributed by atoms with E-state index in [-0.39, 0.29) is 11.4 Å². The number of methoxy groups -OCH3 is 2. The van der Waals surface area contributed by atoms with Crippen LogP contribution in [0.2, 0.25) is 0 Å². The van der Waals surface area contributed by atoms with Crippen LogP contribution in [0, 0.1) is 10.1 Å². The quantitative estimate of drug-likeness (QED) is 0.502. The second kappa shape index (κ2) is 10.0. The number of hydrogen-bond donors (Lipinski definition) is 2. The molecule has 0 atom stereocenters. The normalized spacial score (nSPS) is 10.1. The van der Waals surface area contributed by atoms with Crippen molar-refractivity contribution in [2.24, 2.45) is 0 Å². The van der Waals surface area contributed by atoms with E-state index in [0.717, 1.165) is 5.56 Å². The number of nitrogens with zero attached hydrogens (tertiary/aromatic N) is 1. The third-order valence-corrected chi connectivity index (χ3v) is 3.87. The minimum Gasteiger partial charge on any atom is -0.495 e. The van der Waals surface area contributed by atoms with Crippen LogP contribution in [-0.2, 0) is 6.42 Å². The summed E-state index contributed by atoms with van der Waals surface area (Å²) in [6.07, 6.45) is 0.572. The number of anilines is 1. The largest absolute Gasteiger partial charge is 0.495 e. The first kappa shape index (κ1) is 20.8. The molecule has 0 bridgehead atoms. The average Bonchev–Trinajstić information content (AvgIpc) is 2.69. The summed E-state index contributed by atoms with van der Waals surface area (Å²) in [5.74, 6) is 1.62. The molecule has 2 aromatic carbocycles. The van der Waals surface area contributed by atoms with Crippen LogP contribution in [0.25, 0.3) is 0 Å². The van der Waals surface area contributed by atoms with Gasteiger partial charge in [0.15, 0.2) is 11.5 Å². The van der Waals surface area contributed by atoms with E-state index in [1.807, 2.05) is 25.1 Å². The fraction of sp³-hybridized carbons (Fsp3) is 0.316. The number of amides is 2. The van der Waals surface area contributed by atoms with E-state index in [2.05, 4.69) is 10.6 Å². The molecule has 0 aliphatic carbocycles. The number of rotatable bonds is 9. The first-order valence-corrected chi connectivity index (χ1v) is 8.65. The highest BCUT2D eigenvalue weighted by Gasteiger charge is 2.13. The molecule has 2 rings (SSSR count). The average molecular weight is 389 g/mol. The number of carbonyl (C=O) groups is 1. The molecule has 150 valence electrons. The molecule has 0 heterocycles. The van der Waals surface area contributed by atoms with Gasteiger partial charge in [0.1, 0.15) is 5.75 Å². The second-order valence-corrected chi connectivity index (χ2v) is 5.69. The summed E-state index contributed by atoms with van der Waals surface area (Å²) in [6.45, 7) is 2.80. The van der Waals surface area contributed by atoms with Gasteiger partial charge in [-0.25, -0.2) is 4.79 Å². The van der Waals surface area contributed by atoms with Crippen LogP contribution in [0.3, 0.4) is 0 Å². The standard InChI is InChI=1S/C19H23N3O6/c1-4-28-17-7-5-13(11-18(17)27-3)9-10-20-19(23)21-15-12-14(22(24)25)6-8-16(15)26-2/h5-8,11-12H,4,9-10H2,1-3H3,(H2,20,21,23). The van der Waals surface area contributed by atoms with Crippen LogP contribution in [0.15, 0.2) is 36.4 Å². The zero-order chi connectivity index (χ0) is 20.5. The van der Waals surface area contributed by atoms with Crippen LogP contribution in [-0.4, -0.2) is 38.3 Å². The van der Waals surface area contributed by atoms with Crippen molar-refractivity contribution in [3.63, 3.8) is 0 Å². The van der Waals surface area contributed by atoms with E-state index in [0.29, 0.717) is 36.8 Å². The summed E-state index contributed by atoms with van der Waals surface area (Å²) in [5.41, 5.74) is 1.04. The van der Waals surface area contributed by atoms with Gasteiger partial charge >= 0.3 is 6.03 Å². The molecule has 0 saturated carbocycles. The van der Waals surface area contributed by atoms with Crippen molar-refractivity contribution < 1.29 is 23.9 Å². The molecular weight excluding hydrogens is 366 g/mol. The first-order valence-electron chi connectivity index (χ1n) is 8.65. The molecule has 2 aromatic rings. The smallest absolute Gasteiger partial charge is 0.319 e. The van der Waals surface area contributed by atoms with E-state index < -0.39 is 11.0 Å². The lowest BCUT2D eigenvalue weighted by Crippen LogP contribution is -2.30. The molecule has 9 heteroatoms. The first-order chi connectivity index (χ1) is 13.5. The zero-order valence-electron chi connectivity index (χ0n) is 16.0. The summed E-state index contributed by atoms with van der Waals surface area (Å²) >= 11 is 0. The molecule has 0 unspecified atom stereocenters. The molecule has 0 saturated heterocycles. The van der Waals surface area contributed by atoms with Crippen LogP contribution in [0.5, 0.6) is 17.2 Å². The van der Waals surface area contributed by atoms with E-state index in [4.69, 9.17) is 14.2 Å². The van der Waals surface area contributed by atoms with E-state index in [1.165, 1.54) is 25.3 Å². The van der Waals surface area contributed by atoms with Crippen molar-refractivity contribution in [2.75, 3.05) is 32.7 Å². The van der Waals surface area contributed by atoms with Gasteiger partial charge in [-0.15, -0.1) is 0 Å². The number of nitro groups is 1. The predicted octanol–water partition coefficient (Wildman–Crippen LogP) is 3.37. The molecule has 9 nitrogen and oxygen atoms in total. The monoisotopic (exact) mass is 389 g/mol. The lowest BCUT2D eigenvalue weighted by atomic mass is 10.1. The number of urea groups is 1. The van der Waals surface area contributed by atoms with Crippen molar-refractivity contribution in [1.82, 2.24) is 5.32 Å². The molecule has 2 N–H and O–H groups in total. The van der Waals surface area contributed by atoms with Crippen LogP contribution >= 0.6 is 0 Å². The van der Waals surface area contributed by atoms with Crippen molar-refractivity contribution in [2.45, 2.75) is 13.3 Å². The molecule has 0 aliphatic rings. The Bertz CT molecular complexity index is 840. The highest BCUT2D eigenvalue weighted by Crippen LogP contribution is 2.29. The minimum absolute atomic E-state index is 0.141. The summed E-state index contributed by atoms with van der Waals surface area (Å²) in [5, 5.41) is 16.2. The molecule has 0 aromatic heterocycles. The van der Waals surface area contributed by atoms with Gasteiger partial charge in [0.25, 0.3) is 5.69 Å². The Balaban J connectivity index is 1.94. The Morgan fingerprint density at radius 3 is 2.43 bits per heavy atom. The Morgan fingerprint density at radius 2 is 1.79 bits per heavy atom. The van der Waals surface area contributed by atoms with Gasteiger partial charge < -0.3 is 24.8 Å². The number of carbonyl (C=O) groups excluding carboxylic acids is 1. The van der Waals surface area contributed by atoms with Crippen molar-refractivity contribution in [1.29, 1.82) is 0 Å². The third-order valence-electron chi connectivity index (χ3n) is 3.87. The molecular formula is C19H23N3O6. The van der Waals surface area contributed by atoms with Crippen LogP contribution in [0.4, 0.5) is 16.2 Å². The molecule has 28 heavy (non-hydrogen) atoms. The number of ether oxygens (including phenoxy) is 3. The highest BCUT2D eigenvalue weighted by atomic mass is 16.6. The molecule has 0 radical (unpaired) electrons. The van der Waals surface area contributed by atoms with Gasteiger partial charge in [-0.2, -0.15) is 0 Å². The van der Waals surface area contributed by atoms with Crippen LogP contribution < -0.4 is 24.8 Å². The molecule has 2 amide bonds. The van der Waals surface area contributed by atoms with E-state index in [9.17, 15) is 14.9 Å². The van der Waals surface area contributed by atoms with Gasteiger partial charge in [-0.1, -0.05) is 6.07 Å². The Labute approximate surface area is 162 Å². The lowest BCUT2D eigenvalue weighted by Gasteiger charge is -2.12. The summed E-state index contributed by atoms with van der Waals surface area (Å²) in [7, 11) is 2.99. The van der Waals surface area contributed by atoms with Gasteiger partial charge in [0.2, 0.25) is 0 Å². The van der Waals surface area contributed by atoms with Gasteiger partial charge in [-0.05, 0) is 37.1 Å². The van der Waals surface area contributed by atoms with Gasteiger partial charge in [0, 0.05) is 18.7 Å². The number of benzene rings is 2. The fourth-order valence-corrected chi connectivity index (χ4v) is 2.54. The Morgan fingerprint density at radius 1 is 1.07 bits per heavy atom. The molecule has 0 spiro atoms. The minimum atomic E-state index is -0.540. The number of hydrogen-bond acceptors (Lipinski definition) is 6. The summed E-state index contributed by atoms with van der Waals surface area (Å²) in [6, 6.07) is 9.07. The molecule has 0 aliphatic heterocycles. The SMILES string of the molecule is CCOc1ccc(CCNC(=O)Nc2cc([N+](=O)[O-])ccc2OC)cc1OC. The number of nitrogens with one attached hydrogen (secondary N) is 2. The fourth-order valence-electron chi connectivity index (χ4n) is 2.54. The topological polar surface area (TPSA) is 112 Å². The Kier molecular flexibility index (Phi) is 7.44. The van der Waals surface area contributed by atoms with Gasteiger partial charge in [0.05, 0.1) is 31.4 Å². The maximum Gasteiger partial charge on any atom is 0.319 e. The van der Waals surface area contributed by atoms with Crippen LogP contribution in [0.1, 0.15) is 12.5 Å². The third kappa shape index (κ3) is 5.50. The highest BCUT2D eigenvalue weighted by molar-refractivity contribution is 5.91.